The zero-order valence-electron chi connectivity index (χ0n) is 7.26. The van der Waals surface area contributed by atoms with E-state index < -0.39 is 0 Å². The number of hydrogen-bond donors (Lipinski definition) is 0. The minimum Gasteiger partial charge on any atom is -0.131 e. The van der Waals surface area contributed by atoms with Gasteiger partial charge in [-0.25, -0.2) is 0 Å². The Morgan fingerprint density at radius 2 is 2.00 bits per heavy atom. The summed E-state index contributed by atoms with van der Waals surface area (Å²) in [4.78, 5) is -0.0247. The van der Waals surface area contributed by atoms with Crippen LogP contribution in [0.5, 0.6) is 0 Å². The fourth-order valence-electron chi connectivity index (χ4n) is 1.05. The average molecular weight is 216 g/mol. The molecule has 0 heterocycles. The van der Waals surface area contributed by atoms with Crippen molar-refractivity contribution in [3.63, 3.8) is 0 Å². The van der Waals surface area contributed by atoms with Gasteiger partial charge in [-0.1, -0.05) is 29.3 Å². The fraction of sp³-hybridized carbons (Fsp3) is 0.250. The van der Waals surface area contributed by atoms with Crippen LogP contribution in [0.2, 0.25) is 5.02 Å². The highest BCUT2D eigenvalue weighted by atomic mass is 35.5. The zero-order valence-corrected chi connectivity index (χ0v) is 10.3. The second kappa shape index (κ2) is 3.66. The summed E-state index contributed by atoms with van der Waals surface area (Å²) < 4.78 is 0. The Labute approximate surface area is 84.3 Å². The van der Waals surface area contributed by atoms with Gasteiger partial charge in [-0.3, -0.25) is 0 Å². The summed E-state index contributed by atoms with van der Waals surface area (Å²) >= 11 is 6.05. The lowest BCUT2D eigenvalue weighted by molar-refractivity contribution is 1.26. The molecule has 64 valence electrons. The van der Waals surface area contributed by atoms with Crippen molar-refractivity contribution in [2.45, 2.75) is 11.7 Å². The van der Waals surface area contributed by atoms with Crippen LogP contribution in [0.4, 0.5) is 0 Å². The standard InChI is InChI=1S/C8H12BClP2/c1-5-2-3-7(10)6(4-5)8(9,11)12/h2-4H,9,11-12H2,1H3. The van der Waals surface area contributed by atoms with E-state index in [1.165, 1.54) is 5.56 Å². The van der Waals surface area contributed by atoms with Crippen LogP contribution in [-0.2, 0) is 4.80 Å². The van der Waals surface area contributed by atoms with Gasteiger partial charge in [-0.2, -0.15) is 0 Å². The van der Waals surface area contributed by atoms with Gasteiger partial charge in [-0.05, 0) is 23.4 Å². The van der Waals surface area contributed by atoms with Gasteiger partial charge in [0, 0.05) is 5.02 Å². The van der Waals surface area contributed by atoms with Gasteiger partial charge < -0.3 is 0 Å². The Bertz CT molecular complexity index is 294. The van der Waals surface area contributed by atoms with Crippen LogP contribution in [0.1, 0.15) is 11.1 Å². The van der Waals surface area contributed by atoms with E-state index in [1.807, 2.05) is 12.1 Å². The van der Waals surface area contributed by atoms with Crippen LogP contribution >= 0.6 is 30.1 Å². The maximum Gasteiger partial charge on any atom is 0.125 e. The van der Waals surface area contributed by atoms with Gasteiger partial charge >= 0.3 is 0 Å². The lowest BCUT2D eigenvalue weighted by Crippen LogP contribution is -2.08. The van der Waals surface area contributed by atoms with E-state index in [1.54, 1.807) is 0 Å². The molecular formula is C8H12BClP2. The van der Waals surface area contributed by atoms with E-state index in [0.717, 1.165) is 10.6 Å². The SMILES string of the molecule is BC(P)(P)c1cc(C)ccc1Cl. The molecule has 0 aromatic heterocycles. The van der Waals surface area contributed by atoms with E-state index in [-0.39, 0.29) is 4.80 Å². The highest BCUT2D eigenvalue weighted by Crippen LogP contribution is 2.39. The summed E-state index contributed by atoms with van der Waals surface area (Å²) in [6, 6.07) is 6.08. The predicted octanol–water partition coefficient (Wildman–Crippen LogP) is 2.14. The molecule has 1 rings (SSSR count). The Hall–Kier alpha value is 0.435. The van der Waals surface area contributed by atoms with Crippen molar-refractivity contribution in [2.75, 3.05) is 0 Å². The molecule has 2 unspecified atom stereocenters. The third kappa shape index (κ3) is 2.46. The van der Waals surface area contributed by atoms with Crippen molar-refractivity contribution in [2.24, 2.45) is 0 Å². The summed E-state index contributed by atoms with van der Waals surface area (Å²) in [5, 5.41) is 0.827. The average Bonchev–Trinajstić information content (AvgIpc) is 1.92. The van der Waals surface area contributed by atoms with Crippen molar-refractivity contribution >= 4 is 37.9 Å². The lowest BCUT2D eigenvalue weighted by atomic mass is 9.93. The number of benzene rings is 1. The van der Waals surface area contributed by atoms with Gasteiger partial charge in [0.2, 0.25) is 0 Å². The second-order valence-corrected chi connectivity index (χ2v) is 6.74. The third-order valence-corrected chi connectivity index (χ3v) is 2.65. The molecule has 0 spiro atoms. The largest absolute Gasteiger partial charge is 0.131 e. The van der Waals surface area contributed by atoms with Crippen molar-refractivity contribution < 1.29 is 0 Å². The summed E-state index contributed by atoms with van der Waals surface area (Å²) in [6.07, 6.45) is 0. The zero-order chi connectivity index (χ0) is 9.35. The topological polar surface area (TPSA) is 0 Å². The van der Waals surface area contributed by atoms with Crippen LogP contribution in [0.3, 0.4) is 0 Å². The smallest absolute Gasteiger partial charge is 0.125 e. The lowest BCUT2D eigenvalue weighted by Gasteiger charge is -2.20. The van der Waals surface area contributed by atoms with E-state index in [2.05, 4.69) is 39.3 Å². The first-order valence-corrected chi connectivity index (χ1v) is 5.29. The second-order valence-electron chi connectivity index (χ2n) is 3.27. The summed E-state index contributed by atoms with van der Waals surface area (Å²) in [5.41, 5.74) is 2.39. The molecule has 0 aliphatic carbocycles. The predicted molar refractivity (Wildman–Crippen MR) is 65.8 cm³/mol. The van der Waals surface area contributed by atoms with E-state index in [4.69, 9.17) is 11.6 Å². The summed E-state index contributed by atoms with van der Waals surface area (Å²) in [6.45, 7) is 2.07. The van der Waals surface area contributed by atoms with Crippen molar-refractivity contribution in [3.05, 3.63) is 34.3 Å². The van der Waals surface area contributed by atoms with Crippen LogP contribution in [0.25, 0.3) is 0 Å². The Morgan fingerprint density at radius 3 is 2.42 bits per heavy atom. The van der Waals surface area contributed by atoms with Crippen LogP contribution in [-0.4, -0.2) is 7.85 Å². The summed E-state index contributed by atoms with van der Waals surface area (Å²) in [5.74, 6) is 0. The third-order valence-electron chi connectivity index (χ3n) is 1.70. The van der Waals surface area contributed by atoms with Gasteiger partial charge in [0.05, 0.1) is 0 Å². The maximum absolute atomic E-state index is 6.05. The van der Waals surface area contributed by atoms with Crippen molar-refractivity contribution in [1.29, 1.82) is 0 Å². The molecule has 0 fully saturated rings. The van der Waals surface area contributed by atoms with E-state index in [0.29, 0.717) is 0 Å². The normalized spacial score (nSPS) is 11.7. The monoisotopic (exact) mass is 216 g/mol. The molecule has 1 aromatic rings. The molecule has 0 nitrogen and oxygen atoms in total. The molecule has 0 radical (unpaired) electrons. The molecule has 1 aromatic carbocycles. The summed E-state index contributed by atoms with van der Waals surface area (Å²) in [7, 11) is 7.63. The van der Waals surface area contributed by atoms with Crippen LogP contribution < -0.4 is 0 Å². The number of halogens is 1. The number of aryl methyl sites for hydroxylation is 1. The molecular weight excluding hydrogens is 204 g/mol. The molecule has 0 aliphatic heterocycles. The molecule has 0 aliphatic rings. The van der Waals surface area contributed by atoms with E-state index in [9.17, 15) is 0 Å². The van der Waals surface area contributed by atoms with E-state index >= 15 is 0 Å². The Balaban J connectivity index is 3.23. The number of rotatable bonds is 1. The van der Waals surface area contributed by atoms with Gasteiger partial charge in [0.15, 0.2) is 0 Å². The first kappa shape index (κ1) is 10.5. The molecule has 4 heteroatoms. The van der Waals surface area contributed by atoms with Crippen LogP contribution in [0, 0.1) is 6.92 Å². The molecule has 0 bridgehead atoms. The van der Waals surface area contributed by atoms with Crippen LogP contribution in [0.15, 0.2) is 18.2 Å². The Kier molecular flexibility index (Phi) is 3.21. The highest BCUT2D eigenvalue weighted by molar-refractivity contribution is 7.43. The first-order chi connectivity index (χ1) is 5.41. The fourth-order valence-corrected chi connectivity index (χ4v) is 2.03. The first-order valence-electron chi connectivity index (χ1n) is 3.75. The minimum absolute atomic E-state index is 0.0247. The highest BCUT2D eigenvalue weighted by Gasteiger charge is 2.17. The van der Waals surface area contributed by atoms with Crippen molar-refractivity contribution in [3.8, 4) is 0 Å². The molecule has 0 saturated heterocycles. The molecule has 2 atom stereocenters. The van der Waals surface area contributed by atoms with Gasteiger partial charge in [-0.15, -0.1) is 18.5 Å². The molecule has 0 N–H and O–H groups in total. The molecule has 0 saturated carbocycles. The Morgan fingerprint density at radius 1 is 1.42 bits per heavy atom. The number of hydrogen-bond acceptors (Lipinski definition) is 0. The maximum atomic E-state index is 6.05. The van der Waals surface area contributed by atoms with Gasteiger partial charge in [0.25, 0.3) is 0 Å². The quantitative estimate of drug-likeness (QED) is 0.498. The molecule has 0 amide bonds. The molecule has 12 heavy (non-hydrogen) atoms. The van der Waals surface area contributed by atoms with Gasteiger partial charge in [0.1, 0.15) is 7.85 Å². The van der Waals surface area contributed by atoms with Crippen molar-refractivity contribution in [1.82, 2.24) is 0 Å². The minimum atomic E-state index is -0.0247.